The molecule has 0 aliphatic heterocycles. The van der Waals surface area contributed by atoms with Crippen LogP contribution in [-0.2, 0) is 6.54 Å². The molecule has 0 aliphatic rings. The first kappa shape index (κ1) is 15.2. The van der Waals surface area contributed by atoms with Gasteiger partial charge < -0.3 is 5.73 Å². The third-order valence-electron chi connectivity index (χ3n) is 1.86. The molecular weight excluding hydrogens is 209 g/mol. The lowest BCUT2D eigenvalue weighted by atomic mass is 10.2. The number of aromatic nitrogens is 2. The molecule has 0 fully saturated rings. The van der Waals surface area contributed by atoms with Gasteiger partial charge in [0.25, 0.3) is 0 Å². The third-order valence-corrected chi connectivity index (χ3v) is 1.86. The summed E-state index contributed by atoms with van der Waals surface area (Å²) in [5.41, 5.74) is 7.83. The molecule has 0 saturated carbocycles. The summed E-state index contributed by atoms with van der Waals surface area (Å²) in [6.07, 6.45) is 1.84. The van der Waals surface area contributed by atoms with Crippen molar-refractivity contribution in [2.75, 3.05) is 0 Å². The molecule has 0 radical (unpaired) electrons. The third kappa shape index (κ3) is 3.18. The molecule has 13 heavy (non-hydrogen) atoms. The van der Waals surface area contributed by atoms with Crippen molar-refractivity contribution in [3.63, 3.8) is 0 Å². The Morgan fingerprint density at radius 2 is 2.00 bits per heavy atom. The van der Waals surface area contributed by atoms with Gasteiger partial charge in [-0.05, 0) is 20.8 Å². The largest absolute Gasteiger partial charge is 0.326 e. The molecule has 0 atom stereocenters. The fourth-order valence-electron chi connectivity index (χ4n) is 1.18. The lowest BCUT2D eigenvalue weighted by molar-refractivity contribution is 0.518. The van der Waals surface area contributed by atoms with Crippen molar-refractivity contribution in [2.45, 2.75) is 33.4 Å². The van der Waals surface area contributed by atoms with Crippen LogP contribution in [0.3, 0.4) is 0 Å². The second-order valence-corrected chi connectivity index (χ2v) is 3.00. The second-order valence-electron chi connectivity index (χ2n) is 3.00. The van der Waals surface area contributed by atoms with Gasteiger partial charge in [-0.25, -0.2) is 0 Å². The molecule has 0 amide bonds. The summed E-state index contributed by atoms with van der Waals surface area (Å²) in [7, 11) is 0. The van der Waals surface area contributed by atoms with E-state index in [0.29, 0.717) is 12.6 Å². The first-order chi connectivity index (χ1) is 5.16. The van der Waals surface area contributed by atoms with Crippen molar-refractivity contribution in [1.29, 1.82) is 0 Å². The molecule has 0 saturated heterocycles. The normalized spacial score (nSPS) is 9.31. The molecule has 0 spiro atoms. The maximum Gasteiger partial charge on any atom is 0.0537 e. The summed E-state index contributed by atoms with van der Waals surface area (Å²) in [5, 5.41) is 4.22. The van der Waals surface area contributed by atoms with Crippen LogP contribution in [0.1, 0.15) is 31.1 Å². The summed E-state index contributed by atoms with van der Waals surface area (Å²) in [5.74, 6) is 0. The topological polar surface area (TPSA) is 43.8 Å². The van der Waals surface area contributed by atoms with Crippen molar-refractivity contribution in [1.82, 2.24) is 9.78 Å². The minimum absolute atomic E-state index is 0. The summed E-state index contributed by atoms with van der Waals surface area (Å²) in [6, 6.07) is 0.426. The molecule has 1 aromatic heterocycles. The Balaban J connectivity index is 0. The zero-order chi connectivity index (χ0) is 8.43. The van der Waals surface area contributed by atoms with E-state index in [0.717, 1.165) is 5.56 Å². The van der Waals surface area contributed by atoms with Crippen LogP contribution in [0.4, 0.5) is 0 Å². The molecule has 1 aromatic rings. The van der Waals surface area contributed by atoms with Gasteiger partial charge >= 0.3 is 0 Å². The number of hydrogen-bond donors (Lipinski definition) is 1. The van der Waals surface area contributed by atoms with Crippen LogP contribution in [0, 0.1) is 6.92 Å². The molecule has 3 nitrogen and oxygen atoms in total. The number of hydrogen-bond acceptors (Lipinski definition) is 2. The highest BCUT2D eigenvalue weighted by atomic mass is 35.5. The maximum absolute atomic E-state index is 5.51. The summed E-state index contributed by atoms with van der Waals surface area (Å²) < 4.78 is 1.99. The predicted octanol–water partition coefficient (Wildman–Crippen LogP) is 2.07. The molecule has 0 unspecified atom stereocenters. The van der Waals surface area contributed by atoms with Gasteiger partial charge in [-0.2, -0.15) is 5.10 Å². The van der Waals surface area contributed by atoms with E-state index in [2.05, 4.69) is 25.9 Å². The summed E-state index contributed by atoms with van der Waals surface area (Å²) in [4.78, 5) is 0. The van der Waals surface area contributed by atoms with E-state index >= 15 is 0 Å². The van der Waals surface area contributed by atoms with Crippen molar-refractivity contribution >= 4 is 24.8 Å². The van der Waals surface area contributed by atoms with Crippen molar-refractivity contribution in [2.24, 2.45) is 5.73 Å². The van der Waals surface area contributed by atoms with Crippen molar-refractivity contribution in [3.8, 4) is 0 Å². The fraction of sp³-hybridized carbons (Fsp3) is 0.625. The van der Waals surface area contributed by atoms with E-state index < -0.39 is 0 Å². The van der Waals surface area contributed by atoms with Crippen LogP contribution < -0.4 is 5.73 Å². The van der Waals surface area contributed by atoms with E-state index in [-0.39, 0.29) is 24.8 Å². The van der Waals surface area contributed by atoms with E-state index in [1.165, 1.54) is 5.69 Å². The summed E-state index contributed by atoms with van der Waals surface area (Å²) >= 11 is 0. The van der Waals surface area contributed by atoms with Crippen LogP contribution in [-0.4, -0.2) is 9.78 Å². The Hall–Kier alpha value is -0.250. The Kier molecular flexibility index (Phi) is 7.31. The lowest BCUT2D eigenvalue weighted by Crippen LogP contribution is -2.06. The number of nitrogens with zero attached hydrogens (tertiary/aromatic N) is 2. The van der Waals surface area contributed by atoms with Crippen LogP contribution >= 0.6 is 24.8 Å². The minimum atomic E-state index is 0. The van der Waals surface area contributed by atoms with Gasteiger partial charge in [0.1, 0.15) is 0 Å². The Bertz CT molecular complexity index is 246. The summed E-state index contributed by atoms with van der Waals surface area (Å²) in [6.45, 7) is 6.86. The molecule has 0 aromatic carbocycles. The van der Waals surface area contributed by atoms with Gasteiger partial charge in [-0.15, -0.1) is 24.8 Å². The van der Waals surface area contributed by atoms with Crippen LogP contribution in [0.15, 0.2) is 6.20 Å². The monoisotopic (exact) mass is 225 g/mol. The highest BCUT2D eigenvalue weighted by Crippen LogP contribution is 2.11. The minimum Gasteiger partial charge on any atom is -0.326 e. The highest BCUT2D eigenvalue weighted by Gasteiger charge is 2.06. The first-order valence-corrected chi connectivity index (χ1v) is 3.90. The average molecular weight is 226 g/mol. The SMILES string of the molecule is Cc1c(CN)cnn1C(C)C.Cl.Cl. The Morgan fingerprint density at radius 3 is 2.23 bits per heavy atom. The quantitative estimate of drug-likeness (QED) is 0.838. The molecule has 0 bridgehead atoms. The highest BCUT2D eigenvalue weighted by molar-refractivity contribution is 5.85. The lowest BCUT2D eigenvalue weighted by Gasteiger charge is -2.07. The standard InChI is InChI=1S/C8H15N3.2ClH/c1-6(2)11-7(3)8(4-9)5-10-11;;/h5-6H,4,9H2,1-3H3;2*1H. The molecule has 5 heteroatoms. The number of halogens is 2. The van der Waals surface area contributed by atoms with E-state index in [9.17, 15) is 0 Å². The molecular formula is C8H17Cl2N3. The van der Waals surface area contributed by atoms with Crippen LogP contribution in [0.25, 0.3) is 0 Å². The van der Waals surface area contributed by atoms with Crippen molar-refractivity contribution < 1.29 is 0 Å². The van der Waals surface area contributed by atoms with Crippen LogP contribution in [0.5, 0.6) is 0 Å². The Labute approximate surface area is 91.5 Å². The second kappa shape index (κ2) is 6.24. The maximum atomic E-state index is 5.51. The van der Waals surface area contributed by atoms with Gasteiger partial charge in [0.05, 0.1) is 6.20 Å². The van der Waals surface area contributed by atoms with Gasteiger partial charge in [0.2, 0.25) is 0 Å². The van der Waals surface area contributed by atoms with E-state index in [1.54, 1.807) is 0 Å². The van der Waals surface area contributed by atoms with E-state index in [1.807, 2.05) is 10.9 Å². The Morgan fingerprint density at radius 1 is 1.46 bits per heavy atom. The zero-order valence-corrected chi connectivity index (χ0v) is 9.78. The zero-order valence-electron chi connectivity index (χ0n) is 8.15. The average Bonchev–Trinajstić information content (AvgIpc) is 2.30. The fourth-order valence-corrected chi connectivity index (χ4v) is 1.18. The van der Waals surface area contributed by atoms with Gasteiger partial charge in [-0.3, -0.25) is 4.68 Å². The van der Waals surface area contributed by atoms with E-state index in [4.69, 9.17) is 5.73 Å². The molecule has 1 rings (SSSR count). The molecule has 1 heterocycles. The molecule has 0 aliphatic carbocycles. The molecule has 2 N–H and O–H groups in total. The number of rotatable bonds is 2. The van der Waals surface area contributed by atoms with Crippen molar-refractivity contribution in [3.05, 3.63) is 17.5 Å². The number of nitrogens with two attached hydrogens (primary N) is 1. The first-order valence-electron chi connectivity index (χ1n) is 3.90. The van der Waals surface area contributed by atoms with Gasteiger partial charge in [0.15, 0.2) is 0 Å². The molecule has 78 valence electrons. The van der Waals surface area contributed by atoms with Gasteiger partial charge in [0, 0.05) is 23.8 Å². The van der Waals surface area contributed by atoms with Gasteiger partial charge in [-0.1, -0.05) is 0 Å². The smallest absolute Gasteiger partial charge is 0.0537 e. The predicted molar refractivity (Wildman–Crippen MR) is 59.7 cm³/mol. The van der Waals surface area contributed by atoms with Crippen LogP contribution in [0.2, 0.25) is 0 Å².